The summed E-state index contributed by atoms with van der Waals surface area (Å²) in [5.41, 5.74) is 9.76. The Morgan fingerprint density at radius 1 is 0.464 bits per heavy atom. The van der Waals surface area contributed by atoms with E-state index in [1.54, 1.807) is 0 Å². The lowest BCUT2D eigenvalue weighted by Gasteiger charge is -2.40. The third-order valence-corrected chi connectivity index (χ3v) is 6.37. The van der Waals surface area contributed by atoms with Crippen LogP contribution in [-0.4, -0.2) is 9.97 Å². The van der Waals surface area contributed by atoms with Crippen LogP contribution in [0.4, 0.5) is 0 Å². The average Bonchev–Trinajstić information content (AvgIpc) is 2.76. The van der Waals surface area contributed by atoms with Crippen molar-refractivity contribution in [2.75, 3.05) is 0 Å². The molecule has 130 valence electrons. The van der Waals surface area contributed by atoms with Gasteiger partial charge in [0.15, 0.2) is 0 Å². The highest BCUT2D eigenvalue weighted by atomic mass is 14.9. The van der Waals surface area contributed by atoms with Crippen molar-refractivity contribution in [3.05, 3.63) is 119 Å². The lowest BCUT2D eigenvalue weighted by molar-refractivity contribution is 0.709. The second-order valence-electron chi connectivity index (χ2n) is 7.81. The summed E-state index contributed by atoms with van der Waals surface area (Å²) < 4.78 is 0. The van der Waals surface area contributed by atoms with Gasteiger partial charge in [-0.15, -0.1) is 0 Å². The van der Waals surface area contributed by atoms with E-state index in [0.29, 0.717) is 0 Å². The molecule has 0 saturated heterocycles. The van der Waals surface area contributed by atoms with E-state index in [9.17, 15) is 0 Å². The minimum Gasteiger partial charge on any atom is -0.248 e. The summed E-state index contributed by atoms with van der Waals surface area (Å²) >= 11 is 0. The van der Waals surface area contributed by atoms with Gasteiger partial charge in [0, 0.05) is 0 Å². The average molecular weight is 356 g/mol. The van der Waals surface area contributed by atoms with Crippen molar-refractivity contribution in [2.45, 2.75) is 11.8 Å². The highest BCUT2D eigenvalue weighted by Gasteiger charge is 2.43. The van der Waals surface area contributed by atoms with Gasteiger partial charge < -0.3 is 0 Å². The Kier molecular flexibility index (Phi) is 2.62. The SMILES string of the molecule is c1ccc2c(c1)C1c3ccccc3C2c2nc3cc4ccccc4cc3nc21. The lowest BCUT2D eigenvalue weighted by Crippen LogP contribution is -2.29. The lowest BCUT2D eigenvalue weighted by atomic mass is 9.64. The summed E-state index contributed by atoms with van der Waals surface area (Å²) in [5.74, 6) is 0.353. The van der Waals surface area contributed by atoms with E-state index in [4.69, 9.17) is 9.97 Å². The molecule has 5 aromatic rings. The highest BCUT2D eigenvalue weighted by molar-refractivity contribution is 5.95. The van der Waals surface area contributed by atoms with Crippen molar-refractivity contribution >= 4 is 21.8 Å². The summed E-state index contributed by atoms with van der Waals surface area (Å²) in [6.07, 6.45) is 0. The van der Waals surface area contributed by atoms with E-state index in [1.165, 1.54) is 33.0 Å². The Bertz CT molecular complexity index is 1280. The maximum absolute atomic E-state index is 5.18. The fourth-order valence-corrected chi connectivity index (χ4v) is 5.19. The van der Waals surface area contributed by atoms with Gasteiger partial charge in [-0.2, -0.15) is 0 Å². The molecule has 3 aliphatic carbocycles. The van der Waals surface area contributed by atoms with E-state index < -0.39 is 0 Å². The van der Waals surface area contributed by atoms with Crippen LogP contribution in [0.1, 0.15) is 45.5 Å². The normalized spacial score (nSPS) is 18.7. The monoisotopic (exact) mass is 356 g/mol. The van der Waals surface area contributed by atoms with Crippen LogP contribution < -0.4 is 0 Å². The molecule has 0 N–H and O–H groups in total. The minimum absolute atomic E-state index is 0.177. The van der Waals surface area contributed by atoms with Gasteiger partial charge in [-0.05, 0) is 45.2 Å². The summed E-state index contributed by atoms with van der Waals surface area (Å²) in [6.45, 7) is 0. The summed E-state index contributed by atoms with van der Waals surface area (Å²) in [4.78, 5) is 10.4. The molecule has 0 spiro atoms. The van der Waals surface area contributed by atoms with Crippen molar-refractivity contribution in [1.82, 2.24) is 9.97 Å². The first-order valence-electron chi connectivity index (χ1n) is 9.76. The number of hydrogen-bond donors (Lipinski definition) is 0. The molecule has 0 amide bonds. The molecule has 1 heterocycles. The summed E-state index contributed by atoms with van der Waals surface area (Å²) in [5, 5.41) is 2.43. The zero-order valence-electron chi connectivity index (χ0n) is 15.1. The molecule has 0 atom stereocenters. The topological polar surface area (TPSA) is 25.8 Å². The fourth-order valence-electron chi connectivity index (χ4n) is 5.19. The summed E-state index contributed by atoms with van der Waals surface area (Å²) in [7, 11) is 0. The van der Waals surface area contributed by atoms with Gasteiger partial charge in [-0.25, -0.2) is 9.97 Å². The molecule has 4 aromatic carbocycles. The molecule has 0 aliphatic heterocycles. The number of hydrogen-bond acceptors (Lipinski definition) is 2. The number of aromatic nitrogens is 2. The Hall–Kier alpha value is -3.52. The molecule has 2 heteroatoms. The number of rotatable bonds is 0. The quantitative estimate of drug-likeness (QED) is 0.322. The molecule has 8 rings (SSSR count). The van der Waals surface area contributed by atoms with Crippen LogP contribution in [0.3, 0.4) is 0 Å². The molecule has 2 bridgehead atoms. The van der Waals surface area contributed by atoms with Gasteiger partial charge in [0.05, 0.1) is 34.3 Å². The van der Waals surface area contributed by atoms with Crippen LogP contribution in [0.25, 0.3) is 21.8 Å². The third-order valence-electron chi connectivity index (χ3n) is 6.37. The third kappa shape index (κ3) is 1.73. The van der Waals surface area contributed by atoms with Crippen LogP contribution in [0, 0.1) is 0 Å². The Balaban J connectivity index is 1.60. The molecular formula is C26H16N2. The second-order valence-corrected chi connectivity index (χ2v) is 7.81. The molecule has 28 heavy (non-hydrogen) atoms. The minimum atomic E-state index is 0.177. The molecule has 0 radical (unpaired) electrons. The zero-order valence-corrected chi connectivity index (χ0v) is 15.1. The smallest absolute Gasteiger partial charge is 0.0897 e. The number of nitrogens with zero attached hydrogens (tertiary/aromatic N) is 2. The van der Waals surface area contributed by atoms with Gasteiger partial charge in [0.2, 0.25) is 0 Å². The fraction of sp³-hybridized carbons (Fsp3) is 0.0769. The maximum atomic E-state index is 5.18. The van der Waals surface area contributed by atoms with Crippen molar-refractivity contribution in [3.63, 3.8) is 0 Å². The largest absolute Gasteiger partial charge is 0.248 e. The number of fused-ring (bicyclic) bond motifs is 2. The van der Waals surface area contributed by atoms with Gasteiger partial charge in [0.25, 0.3) is 0 Å². The Labute approximate surface area is 162 Å². The second kappa shape index (κ2) is 5.05. The first kappa shape index (κ1) is 14.5. The van der Waals surface area contributed by atoms with Gasteiger partial charge in [0.1, 0.15) is 0 Å². The number of benzene rings is 4. The molecule has 3 aliphatic rings. The van der Waals surface area contributed by atoms with E-state index in [1.807, 2.05) is 0 Å². The Morgan fingerprint density at radius 3 is 1.21 bits per heavy atom. The molecule has 0 unspecified atom stereocenters. The maximum Gasteiger partial charge on any atom is 0.0897 e. The van der Waals surface area contributed by atoms with E-state index in [-0.39, 0.29) is 11.8 Å². The van der Waals surface area contributed by atoms with Crippen LogP contribution in [0.15, 0.2) is 84.9 Å². The van der Waals surface area contributed by atoms with Gasteiger partial charge >= 0.3 is 0 Å². The van der Waals surface area contributed by atoms with E-state index in [2.05, 4.69) is 84.9 Å². The van der Waals surface area contributed by atoms with Crippen molar-refractivity contribution in [1.29, 1.82) is 0 Å². The predicted molar refractivity (Wildman–Crippen MR) is 112 cm³/mol. The molecule has 0 saturated carbocycles. The zero-order chi connectivity index (χ0) is 18.2. The van der Waals surface area contributed by atoms with Gasteiger partial charge in [-0.3, -0.25) is 0 Å². The highest BCUT2D eigenvalue weighted by Crippen LogP contribution is 2.54. The molecule has 1 aromatic heterocycles. The van der Waals surface area contributed by atoms with Crippen molar-refractivity contribution in [2.24, 2.45) is 0 Å². The van der Waals surface area contributed by atoms with Crippen molar-refractivity contribution < 1.29 is 0 Å². The van der Waals surface area contributed by atoms with Gasteiger partial charge in [-0.1, -0.05) is 72.8 Å². The van der Waals surface area contributed by atoms with Crippen LogP contribution in [-0.2, 0) is 0 Å². The summed E-state index contributed by atoms with van der Waals surface area (Å²) in [6, 6.07) is 30.4. The van der Waals surface area contributed by atoms with E-state index in [0.717, 1.165) is 22.4 Å². The van der Waals surface area contributed by atoms with E-state index >= 15 is 0 Å². The Morgan fingerprint density at radius 2 is 0.821 bits per heavy atom. The molecule has 0 fully saturated rings. The molecule has 2 nitrogen and oxygen atoms in total. The first-order valence-corrected chi connectivity index (χ1v) is 9.76. The van der Waals surface area contributed by atoms with Crippen LogP contribution in [0.2, 0.25) is 0 Å². The predicted octanol–water partition coefficient (Wildman–Crippen LogP) is 5.77. The van der Waals surface area contributed by atoms with Crippen molar-refractivity contribution in [3.8, 4) is 0 Å². The first-order chi connectivity index (χ1) is 13.9. The van der Waals surface area contributed by atoms with Crippen LogP contribution in [0.5, 0.6) is 0 Å². The molecular weight excluding hydrogens is 340 g/mol. The standard InChI is InChI=1S/C26H16N2/c1-2-8-16-14-22-21(13-15(16)7-1)27-25-23-17-9-3-5-11-19(17)24(26(25)28-22)20-12-6-4-10-18(20)23/h1-14,23-24H. The van der Waals surface area contributed by atoms with Crippen LogP contribution >= 0.6 is 0 Å².